The second-order valence-corrected chi connectivity index (χ2v) is 2.73. The minimum Gasteiger partial charge on any atom is -0.386 e. The monoisotopic (exact) mass is 150 g/mol. The Kier molecular flexibility index (Phi) is 1.64. The molecule has 1 fully saturated rings. The maximum atomic E-state index is 9.54. The average molecular weight is 150 g/mol. The molecular weight excluding hydrogens is 140 g/mol. The molecule has 1 N–H and O–H groups in total. The molecule has 2 rings (SSSR count). The van der Waals surface area contributed by atoms with E-state index in [1.54, 1.807) is 0 Å². The molecule has 1 aromatic rings. The molecule has 1 aliphatic heterocycles. The van der Waals surface area contributed by atoms with Gasteiger partial charge in [-0.1, -0.05) is 30.3 Å². The van der Waals surface area contributed by atoms with Crippen molar-refractivity contribution < 1.29 is 9.84 Å². The minimum atomic E-state index is -0.434. The maximum Gasteiger partial charge on any atom is 0.111 e. The lowest BCUT2D eigenvalue weighted by Crippen LogP contribution is -2.03. The van der Waals surface area contributed by atoms with E-state index in [0.717, 1.165) is 5.56 Å². The Hall–Kier alpha value is -0.860. The van der Waals surface area contributed by atoms with Crippen LogP contribution in [-0.4, -0.2) is 17.8 Å². The lowest BCUT2D eigenvalue weighted by atomic mass is 10.1. The van der Waals surface area contributed by atoms with Crippen LogP contribution in [0.4, 0.5) is 0 Å². The van der Waals surface area contributed by atoms with Gasteiger partial charge in [-0.15, -0.1) is 0 Å². The predicted octanol–water partition coefficient (Wildman–Crippen LogP) is 1.12. The summed E-state index contributed by atoms with van der Waals surface area (Å²) in [5, 5.41) is 9.54. The van der Waals surface area contributed by atoms with Crippen LogP contribution in [-0.2, 0) is 4.74 Å². The van der Waals surface area contributed by atoms with Crippen LogP contribution in [0.25, 0.3) is 0 Å². The van der Waals surface area contributed by atoms with Gasteiger partial charge in [-0.3, -0.25) is 0 Å². The summed E-state index contributed by atoms with van der Waals surface area (Å²) in [6.07, 6.45) is -0.395. The van der Waals surface area contributed by atoms with Gasteiger partial charge >= 0.3 is 0 Å². The third kappa shape index (κ3) is 1.42. The molecule has 0 spiro atoms. The predicted molar refractivity (Wildman–Crippen MR) is 41.1 cm³/mol. The highest BCUT2D eigenvalue weighted by Gasteiger charge is 2.31. The highest BCUT2D eigenvalue weighted by Crippen LogP contribution is 2.26. The van der Waals surface area contributed by atoms with Gasteiger partial charge in [0.05, 0.1) is 6.61 Å². The largest absolute Gasteiger partial charge is 0.386 e. The Morgan fingerprint density at radius 1 is 1.36 bits per heavy atom. The summed E-state index contributed by atoms with van der Waals surface area (Å²) in [5.41, 5.74) is 0.940. The molecule has 0 bridgehead atoms. The zero-order valence-electron chi connectivity index (χ0n) is 6.10. The fraction of sp³-hybridized carbons (Fsp3) is 0.333. The van der Waals surface area contributed by atoms with Crippen LogP contribution in [0.2, 0.25) is 0 Å². The van der Waals surface area contributed by atoms with E-state index in [2.05, 4.69) is 0 Å². The van der Waals surface area contributed by atoms with Gasteiger partial charge in [0.25, 0.3) is 0 Å². The Labute approximate surface area is 65.4 Å². The van der Waals surface area contributed by atoms with Crippen molar-refractivity contribution in [3.05, 3.63) is 35.9 Å². The topological polar surface area (TPSA) is 32.8 Å². The van der Waals surface area contributed by atoms with Crippen molar-refractivity contribution in [3.63, 3.8) is 0 Å². The Morgan fingerprint density at radius 2 is 2.00 bits per heavy atom. The van der Waals surface area contributed by atoms with Crippen LogP contribution < -0.4 is 0 Å². The number of aliphatic hydroxyl groups is 1. The first-order valence-corrected chi connectivity index (χ1v) is 3.72. The SMILES string of the molecule is O[C@@H](c1ccccc1)[C@H]1CO1. The maximum absolute atomic E-state index is 9.54. The molecule has 11 heavy (non-hydrogen) atoms. The molecule has 0 unspecified atom stereocenters. The molecule has 1 heterocycles. The van der Waals surface area contributed by atoms with Crippen LogP contribution in [0.3, 0.4) is 0 Å². The Bertz CT molecular complexity index is 229. The highest BCUT2D eigenvalue weighted by atomic mass is 16.6. The van der Waals surface area contributed by atoms with Gasteiger partial charge in [-0.05, 0) is 5.56 Å². The van der Waals surface area contributed by atoms with Gasteiger partial charge in [0.2, 0.25) is 0 Å². The van der Waals surface area contributed by atoms with Crippen LogP contribution >= 0.6 is 0 Å². The molecule has 0 radical (unpaired) electrons. The van der Waals surface area contributed by atoms with Gasteiger partial charge in [-0.25, -0.2) is 0 Å². The summed E-state index contributed by atoms with van der Waals surface area (Å²) in [5.74, 6) is 0. The molecule has 58 valence electrons. The number of aliphatic hydroxyl groups excluding tert-OH is 1. The molecular formula is C9H10O2. The molecule has 2 atom stereocenters. The number of hydrogen-bond acceptors (Lipinski definition) is 2. The molecule has 0 amide bonds. The summed E-state index contributed by atoms with van der Waals surface area (Å²) < 4.78 is 4.97. The number of hydrogen-bond donors (Lipinski definition) is 1. The van der Waals surface area contributed by atoms with Gasteiger partial charge in [0.1, 0.15) is 12.2 Å². The van der Waals surface area contributed by atoms with Gasteiger partial charge in [0.15, 0.2) is 0 Å². The summed E-state index contributed by atoms with van der Waals surface area (Å²) >= 11 is 0. The molecule has 0 aromatic heterocycles. The third-order valence-corrected chi connectivity index (χ3v) is 1.85. The molecule has 2 heteroatoms. The zero-order chi connectivity index (χ0) is 7.68. The van der Waals surface area contributed by atoms with Crippen molar-refractivity contribution in [3.8, 4) is 0 Å². The van der Waals surface area contributed by atoms with Crippen LogP contribution in [0.15, 0.2) is 30.3 Å². The first-order valence-electron chi connectivity index (χ1n) is 3.72. The third-order valence-electron chi connectivity index (χ3n) is 1.85. The van der Waals surface area contributed by atoms with Crippen molar-refractivity contribution in [2.75, 3.05) is 6.61 Å². The number of epoxide rings is 1. The van der Waals surface area contributed by atoms with Gasteiger partial charge in [0, 0.05) is 0 Å². The Balaban J connectivity index is 2.15. The van der Waals surface area contributed by atoms with E-state index in [1.807, 2.05) is 30.3 Å². The average Bonchev–Trinajstić information content (AvgIpc) is 2.87. The van der Waals surface area contributed by atoms with E-state index >= 15 is 0 Å². The lowest BCUT2D eigenvalue weighted by Gasteiger charge is -2.05. The molecule has 1 aliphatic rings. The molecule has 2 nitrogen and oxygen atoms in total. The number of ether oxygens (including phenoxy) is 1. The van der Waals surface area contributed by atoms with Gasteiger partial charge < -0.3 is 9.84 Å². The van der Waals surface area contributed by atoms with Crippen molar-refractivity contribution in [1.29, 1.82) is 0 Å². The highest BCUT2D eigenvalue weighted by molar-refractivity contribution is 5.19. The van der Waals surface area contributed by atoms with Crippen molar-refractivity contribution in [1.82, 2.24) is 0 Å². The van der Waals surface area contributed by atoms with E-state index in [1.165, 1.54) is 0 Å². The molecule has 1 saturated heterocycles. The van der Waals surface area contributed by atoms with Gasteiger partial charge in [-0.2, -0.15) is 0 Å². The second-order valence-electron chi connectivity index (χ2n) is 2.73. The zero-order valence-corrected chi connectivity index (χ0v) is 6.10. The molecule has 0 aliphatic carbocycles. The number of rotatable bonds is 2. The van der Waals surface area contributed by atoms with E-state index in [0.29, 0.717) is 6.61 Å². The quantitative estimate of drug-likeness (QED) is 0.641. The standard InChI is InChI=1S/C9H10O2/c10-9(8-6-11-8)7-4-2-1-3-5-7/h1-5,8-10H,6H2/t8-,9+/m1/s1. The summed E-state index contributed by atoms with van der Waals surface area (Å²) in [7, 11) is 0. The summed E-state index contributed by atoms with van der Waals surface area (Å²) in [6.45, 7) is 0.691. The smallest absolute Gasteiger partial charge is 0.111 e. The van der Waals surface area contributed by atoms with Crippen LogP contribution in [0, 0.1) is 0 Å². The van der Waals surface area contributed by atoms with Crippen molar-refractivity contribution >= 4 is 0 Å². The lowest BCUT2D eigenvalue weighted by molar-refractivity contribution is 0.137. The first-order chi connectivity index (χ1) is 5.38. The molecule has 1 aromatic carbocycles. The fourth-order valence-electron chi connectivity index (χ4n) is 1.10. The summed E-state index contributed by atoms with van der Waals surface area (Å²) in [6, 6.07) is 9.59. The van der Waals surface area contributed by atoms with Crippen molar-refractivity contribution in [2.24, 2.45) is 0 Å². The Morgan fingerprint density at radius 3 is 2.55 bits per heavy atom. The van der Waals surface area contributed by atoms with Crippen LogP contribution in [0.1, 0.15) is 11.7 Å². The number of benzene rings is 1. The first kappa shape index (κ1) is 6.83. The van der Waals surface area contributed by atoms with E-state index in [9.17, 15) is 5.11 Å². The normalized spacial score (nSPS) is 24.6. The van der Waals surface area contributed by atoms with E-state index in [-0.39, 0.29) is 6.10 Å². The second kappa shape index (κ2) is 2.64. The molecule has 0 saturated carbocycles. The summed E-state index contributed by atoms with van der Waals surface area (Å²) in [4.78, 5) is 0. The van der Waals surface area contributed by atoms with E-state index in [4.69, 9.17) is 4.74 Å². The fourth-order valence-corrected chi connectivity index (χ4v) is 1.10. The van der Waals surface area contributed by atoms with Crippen molar-refractivity contribution in [2.45, 2.75) is 12.2 Å². The minimum absolute atomic E-state index is 0.0393. The van der Waals surface area contributed by atoms with Crippen LogP contribution in [0.5, 0.6) is 0 Å². The van der Waals surface area contributed by atoms with E-state index < -0.39 is 6.10 Å².